The molecule has 0 fully saturated rings. The Labute approximate surface area is 178 Å². The predicted octanol–water partition coefficient (Wildman–Crippen LogP) is 3.53. The summed E-state index contributed by atoms with van der Waals surface area (Å²) in [5, 5.41) is 2.79. The number of benzene rings is 2. The lowest BCUT2D eigenvalue weighted by atomic mass is 10.1. The van der Waals surface area contributed by atoms with Crippen molar-refractivity contribution in [3.8, 4) is 0 Å². The van der Waals surface area contributed by atoms with Crippen molar-refractivity contribution >= 4 is 27.3 Å². The third-order valence-electron chi connectivity index (χ3n) is 4.95. The van der Waals surface area contributed by atoms with Crippen LogP contribution in [-0.2, 0) is 21.4 Å². The molecule has 0 bridgehead atoms. The van der Waals surface area contributed by atoms with E-state index in [1.807, 2.05) is 24.3 Å². The third-order valence-corrected chi connectivity index (χ3v) is 6.12. The van der Waals surface area contributed by atoms with Crippen LogP contribution in [0.15, 0.2) is 48.5 Å². The molecule has 0 aliphatic rings. The molecule has 30 heavy (non-hydrogen) atoms. The van der Waals surface area contributed by atoms with Gasteiger partial charge in [0.2, 0.25) is 15.9 Å². The molecule has 0 saturated heterocycles. The Bertz CT molecular complexity index is 944. The largest absolute Gasteiger partial charge is 0.372 e. The Morgan fingerprint density at radius 3 is 2.13 bits per heavy atom. The van der Waals surface area contributed by atoms with Gasteiger partial charge in [0.05, 0.1) is 11.9 Å². The third kappa shape index (κ3) is 5.72. The molecular weight excluding hydrogens is 405 g/mol. The highest BCUT2D eigenvalue weighted by Gasteiger charge is 2.32. The van der Waals surface area contributed by atoms with Gasteiger partial charge < -0.3 is 10.2 Å². The van der Waals surface area contributed by atoms with Crippen LogP contribution in [-0.4, -0.2) is 39.7 Å². The summed E-state index contributed by atoms with van der Waals surface area (Å²) in [6.45, 7) is 7.94. The molecule has 0 saturated carbocycles. The molecule has 2 aromatic carbocycles. The SMILES string of the molecule is CC[C@H](C(=O)NCc1ccc(N(CC)CC)cc1)N(c1ccccc1F)S(C)(=O)=O. The Morgan fingerprint density at radius 1 is 1.03 bits per heavy atom. The summed E-state index contributed by atoms with van der Waals surface area (Å²) in [5.74, 6) is -1.17. The highest BCUT2D eigenvalue weighted by atomic mass is 32.2. The van der Waals surface area contributed by atoms with Crippen LogP contribution in [0.4, 0.5) is 15.8 Å². The van der Waals surface area contributed by atoms with Gasteiger partial charge in [-0.15, -0.1) is 0 Å². The number of amides is 1. The second-order valence-corrected chi connectivity index (χ2v) is 8.85. The first-order valence-electron chi connectivity index (χ1n) is 10.1. The zero-order valence-corrected chi connectivity index (χ0v) is 18.7. The van der Waals surface area contributed by atoms with E-state index >= 15 is 0 Å². The fourth-order valence-corrected chi connectivity index (χ4v) is 4.60. The quantitative estimate of drug-likeness (QED) is 0.620. The summed E-state index contributed by atoms with van der Waals surface area (Å²) in [4.78, 5) is 15.1. The van der Waals surface area contributed by atoms with Crippen molar-refractivity contribution in [3.05, 3.63) is 59.9 Å². The van der Waals surface area contributed by atoms with E-state index in [0.717, 1.165) is 34.9 Å². The standard InChI is InChI=1S/C22H30FN3O3S/c1-5-20(26(30(4,28)29)21-11-9-8-10-19(21)23)22(27)24-16-17-12-14-18(15-13-17)25(6-2)7-3/h8-15,20H,5-7,16H2,1-4H3,(H,24,27)/t20-/m1/s1. The minimum absolute atomic E-state index is 0.134. The number of carbonyl (C=O) groups is 1. The molecular formula is C22H30FN3O3S. The van der Waals surface area contributed by atoms with Crippen molar-refractivity contribution < 1.29 is 17.6 Å². The van der Waals surface area contributed by atoms with Crippen LogP contribution in [0.5, 0.6) is 0 Å². The first kappa shape index (κ1) is 23.7. The van der Waals surface area contributed by atoms with Crippen LogP contribution in [0.3, 0.4) is 0 Å². The molecule has 1 amide bonds. The van der Waals surface area contributed by atoms with E-state index in [4.69, 9.17) is 0 Å². The maximum atomic E-state index is 14.3. The number of anilines is 2. The van der Waals surface area contributed by atoms with Crippen LogP contribution < -0.4 is 14.5 Å². The van der Waals surface area contributed by atoms with Gasteiger partial charge in [0.15, 0.2) is 0 Å². The van der Waals surface area contributed by atoms with Crippen LogP contribution in [0.2, 0.25) is 0 Å². The molecule has 0 heterocycles. The summed E-state index contributed by atoms with van der Waals surface area (Å²) in [5.41, 5.74) is 1.86. The van der Waals surface area contributed by atoms with Gasteiger partial charge in [-0.25, -0.2) is 12.8 Å². The van der Waals surface area contributed by atoms with E-state index in [1.54, 1.807) is 13.0 Å². The lowest BCUT2D eigenvalue weighted by Gasteiger charge is -2.30. The zero-order chi connectivity index (χ0) is 22.3. The van der Waals surface area contributed by atoms with E-state index < -0.39 is 27.8 Å². The first-order chi connectivity index (χ1) is 14.2. The van der Waals surface area contributed by atoms with Crippen LogP contribution in [0.25, 0.3) is 0 Å². The zero-order valence-electron chi connectivity index (χ0n) is 17.9. The summed E-state index contributed by atoms with van der Waals surface area (Å²) in [7, 11) is -3.87. The monoisotopic (exact) mass is 435 g/mol. The van der Waals surface area contributed by atoms with E-state index in [2.05, 4.69) is 24.1 Å². The smallest absolute Gasteiger partial charge is 0.244 e. The summed E-state index contributed by atoms with van der Waals surface area (Å²) in [6.07, 6.45) is 1.18. The highest BCUT2D eigenvalue weighted by Crippen LogP contribution is 2.25. The van der Waals surface area contributed by atoms with Gasteiger partial charge in [0, 0.05) is 25.3 Å². The number of para-hydroxylation sites is 1. The number of halogens is 1. The number of hydrogen-bond donors (Lipinski definition) is 1. The van der Waals surface area contributed by atoms with Crippen molar-refractivity contribution in [3.63, 3.8) is 0 Å². The molecule has 0 aromatic heterocycles. The van der Waals surface area contributed by atoms with E-state index in [9.17, 15) is 17.6 Å². The second-order valence-electron chi connectivity index (χ2n) is 6.99. The summed E-state index contributed by atoms with van der Waals surface area (Å²) in [6, 6.07) is 12.4. The van der Waals surface area contributed by atoms with E-state index in [1.165, 1.54) is 18.2 Å². The molecule has 0 radical (unpaired) electrons. The van der Waals surface area contributed by atoms with Crippen LogP contribution in [0.1, 0.15) is 32.8 Å². The Morgan fingerprint density at radius 2 is 1.63 bits per heavy atom. The van der Waals surface area contributed by atoms with Crippen molar-refractivity contribution in [1.82, 2.24) is 5.32 Å². The number of hydrogen-bond acceptors (Lipinski definition) is 4. The predicted molar refractivity (Wildman–Crippen MR) is 120 cm³/mol. The molecule has 0 unspecified atom stereocenters. The van der Waals surface area contributed by atoms with Crippen molar-refractivity contribution in [2.75, 3.05) is 28.6 Å². The molecule has 1 N–H and O–H groups in total. The van der Waals surface area contributed by atoms with Gasteiger partial charge in [0.1, 0.15) is 11.9 Å². The topological polar surface area (TPSA) is 69.7 Å². The van der Waals surface area contributed by atoms with Gasteiger partial charge in [-0.2, -0.15) is 0 Å². The molecule has 2 rings (SSSR count). The van der Waals surface area contributed by atoms with Crippen LogP contribution >= 0.6 is 0 Å². The van der Waals surface area contributed by atoms with Crippen molar-refractivity contribution in [1.29, 1.82) is 0 Å². The average Bonchev–Trinajstić information content (AvgIpc) is 2.72. The summed E-state index contributed by atoms with van der Waals surface area (Å²) < 4.78 is 40.0. The van der Waals surface area contributed by atoms with Crippen LogP contribution in [0, 0.1) is 5.82 Å². The molecule has 0 aliphatic carbocycles. The second kappa shape index (κ2) is 10.4. The molecule has 6 nitrogen and oxygen atoms in total. The normalized spacial score (nSPS) is 12.3. The van der Waals surface area contributed by atoms with Gasteiger partial charge in [-0.1, -0.05) is 31.2 Å². The summed E-state index contributed by atoms with van der Waals surface area (Å²) >= 11 is 0. The maximum Gasteiger partial charge on any atom is 0.244 e. The van der Waals surface area contributed by atoms with Gasteiger partial charge in [-0.3, -0.25) is 9.10 Å². The molecule has 8 heteroatoms. The lowest BCUT2D eigenvalue weighted by molar-refractivity contribution is -0.122. The molecule has 2 aromatic rings. The molecule has 164 valence electrons. The number of rotatable bonds is 10. The minimum atomic E-state index is -3.87. The fourth-order valence-electron chi connectivity index (χ4n) is 3.39. The van der Waals surface area contributed by atoms with E-state index in [0.29, 0.717) is 0 Å². The number of nitrogens with one attached hydrogen (secondary N) is 1. The lowest BCUT2D eigenvalue weighted by Crippen LogP contribution is -2.49. The average molecular weight is 436 g/mol. The van der Waals surface area contributed by atoms with Crippen molar-refractivity contribution in [2.24, 2.45) is 0 Å². The highest BCUT2D eigenvalue weighted by molar-refractivity contribution is 7.92. The Kier molecular flexibility index (Phi) is 8.23. The van der Waals surface area contributed by atoms with Crippen molar-refractivity contribution in [2.45, 2.75) is 39.8 Å². The molecule has 0 aliphatic heterocycles. The Hall–Kier alpha value is -2.61. The van der Waals surface area contributed by atoms with Gasteiger partial charge in [0.25, 0.3) is 0 Å². The minimum Gasteiger partial charge on any atom is -0.372 e. The first-order valence-corrected chi connectivity index (χ1v) is 11.9. The number of sulfonamides is 1. The maximum absolute atomic E-state index is 14.3. The number of carbonyl (C=O) groups excluding carboxylic acids is 1. The Balaban J connectivity index is 2.18. The van der Waals surface area contributed by atoms with Gasteiger partial charge in [-0.05, 0) is 50.1 Å². The number of nitrogens with zero attached hydrogens (tertiary/aromatic N) is 2. The fraction of sp³-hybridized carbons (Fsp3) is 0.409. The molecule has 0 spiro atoms. The van der Waals surface area contributed by atoms with E-state index in [-0.39, 0.29) is 18.7 Å². The molecule has 1 atom stereocenters. The van der Waals surface area contributed by atoms with Gasteiger partial charge >= 0.3 is 0 Å².